The van der Waals surface area contributed by atoms with Crippen molar-refractivity contribution in [1.29, 1.82) is 0 Å². The van der Waals surface area contributed by atoms with Crippen molar-refractivity contribution in [3.05, 3.63) is 12.4 Å². The van der Waals surface area contributed by atoms with Gasteiger partial charge in [-0.3, -0.25) is 8.89 Å². The third-order valence-corrected chi connectivity index (χ3v) is 7.10. The first-order chi connectivity index (χ1) is 10.1. The van der Waals surface area contributed by atoms with Crippen LogP contribution in [-0.4, -0.2) is 49.7 Å². The van der Waals surface area contributed by atoms with E-state index in [4.69, 9.17) is 9.31 Å². The summed E-state index contributed by atoms with van der Waals surface area (Å²) < 4.78 is 26.2. The predicted octanol–water partition coefficient (Wildman–Crippen LogP) is 1.23. The summed E-state index contributed by atoms with van der Waals surface area (Å²) in [5.74, 6) is 5.20. The standard InChI is InChI=1S/C15H25BN2O3S/c1-14(2)15(3,4)21-16(20-14)12-9-17-18(10-12)13-7-6-8-22(5,19)11-13/h9-10,13H,5-8,11H2,1-4H3. The Morgan fingerprint density at radius 3 is 2.59 bits per heavy atom. The van der Waals surface area contributed by atoms with Crippen LogP contribution in [0.3, 0.4) is 0 Å². The van der Waals surface area contributed by atoms with Gasteiger partial charge in [0, 0.05) is 29.4 Å². The largest absolute Gasteiger partial charge is 0.498 e. The van der Waals surface area contributed by atoms with Gasteiger partial charge >= 0.3 is 7.12 Å². The Kier molecular flexibility index (Phi) is 3.74. The molecule has 7 heteroatoms. The van der Waals surface area contributed by atoms with Crippen LogP contribution in [0.1, 0.15) is 46.6 Å². The summed E-state index contributed by atoms with van der Waals surface area (Å²) in [4.78, 5) is 0. The van der Waals surface area contributed by atoms with Gasteiger partial charge in [-0.25, -0.2) is 0 Å². The molecule has 122 valence electrons. The molecule has 1 aromatic heterocycles. The van der Waals surface area contributed by atoms with Gasteiger partial charge in [-0.15, -0.1) is 0 Å². The summed E-state index contributed by atoms with van der Waals surface area (Å²) in [7, 11) is -2.35. The lowest BCUT2D eigenvalue weighted by Gasteiger charge is -2.32. The highest BCUT2D eigenvalue weighted by atomic mass is 32.2. The van der Waals surface area contributed by atoms with Crippen molar-refractivity contribution >= 4 is 28.0 Å². The van der Waals surface area contributed by atoms with Gasteiger partial charge in [0.15, 0.2) is 0 Å². The summed E-state index contributed by atoms with van der Waals surface area (Å²) in [5, 5.41) is 4.45. The number of hydrogen-bond donors (Lipinski definition) is 0. The third kappa shape index (κ3) is 2.86. The molecule has 2 saturated heterocycles. The van der Waals surface area contributed by atoms with Crippen LogP contribution in [0.15, 0.2) is 12.4 Å². The molecule has 0 spiro atoms. The van der Waals surface area contributed by atoms with Crippen LogP contribution >= 0.6 is 0 Å². The molecule has 2 aliphatic heterocycles. The van der Waals surface area contributed by atoms with Crippen molar-refractivity contribution in [2.24, 2.45) is 0 Å². The first-order valence-corrected chi connectivity index (χ1v) is 9.88. The van der Waals surface area contributed by atoms with Gasteiger partial charge in [-0.1, -0.05) is 0 Å². The Balaban J connectivity index is 1.78. The molecule has 2 unspecified atom stereocenters. The predicted molar refractivity (Wildman–Crippen MR) is 91.2 cm³/mol. The highest BCUT2D eigenvalue weighted by Gasteiger charge is 2.52. The van der Waals surface area contributed by atoms with Crippen molar-refractivity contribution in [3.63, 3.8) is 0 Å². The van der Waals surface area contributed by atoms with Gasteiger partial charge in [0.25, 0.3) is 0 Å². The Morgan fingerprint density at radius 1 is 1.36 bits per heavy atom. The molecule has 5 nitrogen and oxygen atoms in total. The highest BCUT2D eigenvalue weighted by Crippen LogP contribution is 2.36. The summed E-state index contributed by atoms with van der Waals surface area (Å²) in [6.45, 7) is 8.15. The second-order valence-corrected chi connectivity index (χ2v) is 10.1. The van der Waals surface area contributed by atoms with E-state index in [0.717, 1.165) is 24.1 Å². The molecule has 2 atom stereocenters. The van der Waals surface area contributed by atoms with Gasteiger partial charge in [-0.2, -0.15) is 5.10 Å². The lowest BCUT2D eigenvalue weighted by atomic mass is 9.82. The monoisotopic (exact) mass is 324 g/mol. The van der Waals surface area contributed by atoms with E-state index in [1.165, 1.54) is 0 Å². The summed E-state index contributed by atoms with van der Waals surface area (Å²) in [6.07, 6.45) is 5.70. The molecular weight excluding hydrogens is 299 g/mol. The van der Waals surface area contributed by atoms with E-state index in [1.54, 1.807) is 6.20 Å². The van der Waals surface area contributed by atoms with E-state index in [0.29, 0.717) is 5.75 Å². The second kappa shape index (κ2) is 5.11. The SMILES string of the molecule is C=S1(=O)CCCC(n2cc(B3OC(C)(C)C(C)(C)O3)cn2)C1. The number of aromatic nitrogens is 2. The lowest BCUT2D eigenvalue weighted by Crippen LogP contribution is -2.41. The first-order valence-electron chi connectivity index (χ1n) is 7.82. The van der Waals surface area contributed by atoms with Gasteiger partial charge in [0.2, 0.25) is 0 Å². The summed E-state index contributed by atoms with van der Waals surface area (Å²) in [6, 6.07) is 0.162. The topological polar surface area (TPSA) is 53.4 Å². The molecule has 1 aromatic rings. The zero-order valence-electron chi connectivity index (χ0n) is 13.9. The fourth-order valence-corrected chi connectivity index (χ4v) is 4.84. The maximum atomic E-state index is 12.2. The summed E-state index contributed by atoms with van der Waals surface area (Å²) in [5.41, 5.74) is 0.207. The van der Waals surface area contributed by atoms with Crippen molar-refractivity contribution in [2.45, 2.75) is 57.8 Å². The Hall–Kier alpha value is -0.785. The highest BCUT2D eigenvalue weighted by molar-refractivity contribution is 8.00. The second-order valence-electron chi connectivity index (χ2n) is 7.47. The van der Waals surface area contributed by atoms with Gasteiger partial charge < -0.3 is 9.31 Å². The van der Waals surface area contributed by atoms with Crippen LogP contribution in [0, 0.1) is 0 Å². The average molecular weight is 324 g/mol. The van der Waals surface area contributed by atoms with Crippen molar-refractivity contribution in [1.82, 2.24) is 9.78 Å². The number of hydrogen-bond acceptors (Lipinski definition) is 4. The molecule has 0 radical (unpaired) electrons. The molecule has 0 aliphatic carbocycles. The number of nitrogens with zero attached hydrogens (tertiary/aromatic N) is 2. The van der Waals surface area contributed by atoms with Crippen LogP contribution in [0.25, 0.3) is 0 Å². The minimum Gasteiger partial charge on any atom is -0.399 e. The van der Waals surface area contributed by atoms with Crippen molar-refractivity contribution < 1.29 is 13.5 Å². The molecule has 0 N–H and O–H groups in total. The molecule has 2 fully saturated rings. The van der Waals surface area contributed by atoms with E-state index in [1.807, 2.05) is 38.6 Å². The lowest BCUT2D eigenvalue weighted by molar-refractivity contribution is 0.00578. The van der Waals surface area contributed by atoms with Crippen LogP contribution in [0.2, 0.25) is 0 Å². The van der Waals surface area contributed by atoms with Gasteiger partial charge in [0.05, 0.1) is 17.2 Å². The van der Waals surface area contributed by atoms with Crippen molar-refractivity contribution in [3.8, 4) is 0 Å². The average Bonchev–Trinajstić information content (AvgIpc) is 2.92. The van der Waals surface area contributed by atoms with E-state index in [9.17, 15) is 4.21 Å². The van der Waals surface area contributed by atoms with Crippen LogP contribution in [-0.2, 0) is 18.8 Å². The summed E-state index contributed by atoms with van der Waals surface area (Å²) >= 11 is 0. The Bertz CT molecular complexity index is 650. The molecular formula is C15H25BN2O3S. The zero-order chi connectivity index (χ0) is 16.2. The molecule has 3 rings (SSSR count). The van der Waals surface area contributed by atoms with E-state index in [-0.39, 0.29) is 17.2 Å². The normalized spacial score (nSPS) is 34.0. The molecule has 2 aliphatic rings. The van der Waals surface area contributed by atoms with E-state index in [2.05, 4.69) is 11.0 Å². The maximum absolute atomic E-state index is 12.2. The molecule has 0 amide bonds. The number of rotatable bonds is 2. The maximum Gasteiger partial charge on any atom is 0.498 e. The van der Waals surface area contributed by atoms with Crippen LogP contribution < -0.4 is 5.46 Å². The fraction of sp³-hybridized carbons (Fsp3) is 0.733. The first kappa shape index (κ1) is 16.1. The zero-order valence-corrected chi connectivity index (χ0v) is 14.7. The smallest absolute Gasteiger partial charge is 0.399 e. The van der Waals surface area contributed by atoms with Gasteiger partial charge in [-0.05, 0) is 55.9 Å². The minimum atomic E-state index is -1.95. The molecule has 0 aromatic carbocycles. The molecule has 0 bridgehead atoms. The molecule has 0 saturated carbocycles. The van der Waals surface area contributed by atoms with Gasteiger partial charge in [0.1, 0.15) is 0 Å². The Labute approximate surface area is 133 Å². The van der Waals surface area contributed by atoms with Crippen LogP contribution in [0.4, 0.5) is 0 Å². The molecule has 3 heterocycles. The van der Waals surface area contributed by atoms with Crippen LogP contribution in [0.5, 0.6) is 0 Å². The Morgan fingerprint density at radius 2 is 2.00 bits per heavy atom. The third-order valence-electron chi connectivity index (χ3n) is 5.07. The van der Waals surface area contributed by atoms with E-state index >= 15 is 0 Å². The quantitative estimate of drug-likeness (QED) is 0.607. The minimum absolute atomic E-state index is 0.162. The molecule has 22 heavy (non-hydrogen) atoms. The fourth-order valence-electron chi connectivity index (χ4n) is 2.96. The van der Waals surface area contributed by atoms with E-state index < -0.39 is 16.6 Å². The van der Waals surface area contributed by atoms with Crippen molar-refractivity contribution in [2.75, 3.05) is 11.5 Å².